The Morgan fingerprint density at radius 1 is 1.77 bits per heavy atom. The van der Waals surface area contributed by atoms with Crippen LogP contribution in [-0.2, 0) is 7.05 Å². The molecule has 1 heterocycles. The highest BCUT2D eigenvalue weighted by molar-refractivity contribution is 5.27. The van der Waals surface area contributed by atoms with Gasteiger partial charge in [-0.2, -0.15) is 5.10 Å². The van der Waals surface area contributed by atoms with E-state index in [0.29, 0.717) is 0 Å². The zero-order valence-electron chi connectivity index (χ0n) is 8.24. The van der Waals surface area contributed by atoms with Crippen LogP contribution in [0.2, 0.25) is 0 Å². The Bertz CT molecular complexity index is 267. The van der Waals surface area contributed by atoms with Crippen molar-refractivity contribution in [1.29, 1.82) is 0 Å². The lowest BCUT2D eigenvalue weighted by Crippen LogP contribution is -2.29. The number of nitrogens with zero attached hydrogens (tertiary/aromatic N) is 2. The maximum absolute atomic E-state index is 5.42. The molecular formula is C8H16N4O. The molecule has 5 nitrogen and oxygen atoms in total. The lowest BCUT2D eigenvalue weighted by Gasteiger charge is -2.15. The third-order valence-electron chi connectivity index (χ3n) is 2.11. The van der Waals surface area contributed by atoms with E-state index >= 15 is 0 Å². The Hall–Kier alpha value is -1.07. The largest absolute Gasteiger partial charge is 0.493 e. The maximum atomic E-state index is 5.42. The molecule has 0 bridgehead atoms. The zero-order valence-corrected chi connectivity index (χ0v) is 8.24. The molecule has 1 aromatic rings. The van der Waals surface area contributed by atoms with Crippen LogP contribution in [0.25, 0.3) is 0 Å². The molecule has 13 heavy (non-hydrogen) atoms. The molecule has 0 saturated carbocycles. The molecule has 0 aliphatic heterocycles. The molecule has 0 aromatic carbocycles. The highest BCUT2D eigenvalue weighted by Crippen LogP contribution is 2.25. The van der Waals surface area contributed by atoms with Crippen molar-refractivity contribution in [2.24, 2.45) is 12.9 Å². The van der Waals surface area contributed by atoms with Gasteiger partial charge in [0, 0.05) is 7.05 Å². The standard InChI is InChI=1S/C8H16N4O/c1-4-6(11-9)8-7(13-3)5-10-12(8)2/h5-6,11H,4,9H2,1-3H3. The number of hydrogen-bond acceptors (Lipinski definition) is 4. The van der Waals surface area contributed by atoms with Crippen LogP contribution in [0.1, 0.15) is 25.1 Å². The van der Waals surface area contributed by atoms with Crippen LogP contribution < -0.4 is 16.0 Å². The van der Waals surface area contributed by atoms with Gasteiger partial charge in [0.1, 0.15) is 0 Å². The van der Waals surface area contributed by atoms with E-state index < -0.39 is 0 Å². The number of nitrogens with two attached hydrogens (primary N) is 1. The summed E-state index contributed by atoms with van der Waals surface area (Å²) in [4.78, 5) is 0. The number of aromatic nitrogens is 2. The van der Waals surface area contributed by atoms with Gasteiger partial charge >= 0.3 is 0 Å². The van der Waals surface area contributed by atoms with Gasteiger partial charge in [0.05, 0.1) is 25.0 Å². The van der Waals surface area contributed by atoms with E-state index in [2.05, 4.69) is 17.4 Å². The summed E-state index contributed by atoms with van der Waals surface area (Å²) in [7, 11) is 3.50. The first-order valence-electron chi connectivity index (χ1n) is 4.26. The second kappa shape index (κ2) is 4.25. The molecule has 1 atom stereocenters. The molecule has 74 valence electrons. The third kappa shape index (κ3) is 1.81. The Balaban J connectivity index is 3.01. The fourth-order valence-electron chi connectivity index (χ4n) is 1.37. The van der Waals surface area contributed by atoms with E-state index in [4.69, 9.17) is 10.6 Å². The fraction of sp³-hybridized carbons (Fsp3) is 0.625. The monoisotopic (exact) mass is 184 g/mol. The number of ether oxygens (including phenoxy) is 1. The predicted molar refractivity (Wildman–Crippen MR) is 50.1 cm³/mol. The van der Waals surface area contributed by atoms with Crippen molar-refractivity contribution in [2.45, 2.75) is 19.4 Å². The van der Waals surface area contributed by atoms with Crippen LogP contribution in [0.3, 0.4) is 0 Å². The van der Waals surface area contributed by atoms with E-state index in [9.17, 15) is 0 Å². The van der Waals surface area contributed by atoms with Gasteiger partial charge in [-0.3, -0.25) is 16.0 Å². The van der Waals surface area contributed by atoms with Crippen molar-refractivity contribution in [3.05, 3.63) is 11.9 Å². The second-order valence-corrected chi connectivity index (χ2v) is 2.85. The number of hydrogen-bond donors (Lipinski definition) is 2. The van der Waals surface area contributed by atoms with Crippen LogP contribution in [0.4, 0.5) is 0 Å². The first-order valence-corrected chi connectivity index (χ1v) is 4.26. The van der Waals surface area contributed by atoms with Crippen molar-refractivity contribution in [3.63, 3.8) is 0 Å². The Morgan fingerprint density at radius 3 is 2.92 bits per heavy atom. The predicted octanol–water partition coefficient (Wildman–Crippen LogP) is 0.343. The second-order valence-electron chi connectivity index (χ2n) is 2.85. The van der Waals surface area contributed by atoms with E-state index in [1.54, 1.807) is 18.0 Å². The SMILES string of the molecule is CCC(NN)c1c(OC)cnn1C. The number of aryl methyl sites for hydroxylation is 1. The first kappa shape index (κ1) is 10.0. The Labute approximate surface area is 77.8 Å². The molecule has 1 rings (SSSR count). The summed E-state index contributed by atoms with van der Waals surface area (Å²) in [6.45, 7) is 2.05. The van der Waals surface area contributed by atoms with Crippen LogP contribution >= 0.6 is 0 Å². The molecule has 0 spiro atoms. The van der Waals surface area contributed by atoms with Gasteiger partial charge in [-0.1, -0.05) is 6.92 Å². The average molecular weight is 184 g/mol. The van der Waals surface area contributed by atoms with E-state index in [-0.39, 0.29) is 6.04 Å². The molecule has 1 aromatic heterocycles. The van der Waals surface area contributed by atoms with Crippen LogP contribution in [0.15, 0.2) is 6.20 Å². The lowest BCUT2D eigenvalue weighted by molar-refractivity contribution is 0.392. The van der Waals surface area contributed by atoms with E-state index in [1.807, 2.05) is 7.05 Å². The summed E-state index contributed by atoms with van der Waals surface area (Å²) in [6.07, 6.45) is 2.59. The van der Waals surface area contributed by atoms with Crippen molar-refractivity contribution in [1.82, 2.24) is 15.2 Å². The fourth-order valence-corrected chi connectivity index (χ4v) is 1.37. The minimum atomic E-state index is 0.0856. The Morgan fingerprint density at radius 2 is 2.46 bits per heavy atom. The highest BCUT2D eigenvalue weighted by atomic mass is 16.5. The molecule has 0 saturated heterocycles. The molecule has 0 aliphatic rings. The van der Waals surface area contributed by atoms with Crippen molar-refractivity contribution in [3.8, 4) is 5.75 Å². The molecule has 0 aliphatic carbocycles. The molecule has 5 heteroatoms. The number of rotatable bonds is 4. The molecular weight excluding hydrogens is 168 g/mol. The first-order chi connectivity index (χ1) is 6.24. The minimum Gasteiger partial charge on any atom is -0.493 e. The summed E-state index contributed by atoms with van der Waals surface area (Å²) in [5, 5.41) is 4.10. The van der Waals surface area contributed by atoms with Gasteiger partial charge in [-0.05, 0) is 6.42 Å². The Kier molecular flexibility index (Phi) is 3.27. The smallest absolute Gasteiger partial charge is 0.161 e. The molecule has 0 amide bonds. The summed E-state index contributed by atoms with van der Waals surface area (Å²) >= 11 is 0. The van der Waals surface area contributed by atoms with E-state index in [1.165, 1.54) is 0 Å². The lowest BCUT2D eigenvalue weighted by atomic mass is 10.1. The van der Waals surface area contributed by atoms with Crippen LogP contribution in [0, 0.1) is 0 Å². The number of hydrazine groups is 1. The molecule has 0 fully saturated rings. The number of nitrogens with one attached hydrogen (secondary N) is 1. The summed E-state index contributed by atoms with van der Waals surface area (Å²) < 4.78 is 6.94. The average Bonchev–Trinajstić information content (AvgIpc) is 2.51. The number of methoxy groups -OCH3 is 1. The summed E-state index contributed by atoms with van der Waals surface area (Å²) in [6, 6.07) is 0.0856. The molecule has 3 N–H and O–H groups in total. The summed E-state index contributed by atoms with van der Waals surface area (Å²) in [5.74, 6) is 6.19. The van der Waals surface area contributed by atoms with E-state index in [0.717, 1.165) is 17.9 Å². The van der Waals surface area contributed by atoms with Gasteiger partial charge in [-0.15, -0.1) is 0 Å². The molecule has 0 radical (unpaired) electrons. The highest BCUT2D eigenvalue weighted by Gasteiger charge is 2.17. The quantitative estimate of drug-likeness (QED) is 0.523. The third-order valence-corrected chi connectivity index (χ3v) is 2.11. The van der Waals surface area contributed by atoms with Crippen molar-refractivity contribution < 1.29 is 4.74 Å². The van der Waals surface area contributed by atoms with Crippen LogP contribution in [-0.4, -0.2) is 16.9 Å². The zero-order chi connectivity index (χ0) is 9.84. The summed E-state index contributed by atoms with van der Waals surface area (Å²) in [5.41, 5.74) is 3.71. The minimum absolute atomic E-state index is 0.0856. The normalized spacial score (nSPS) is 12.9. The molecule has 1 unspecified atom stereocenters. The topological polar surface area (TPSA) is 65.1 Å². The maximum Gasteiger partial charge on any atom is 0.161 e. The van der Waals surface area contributed by atoms with Crippen molar-refractivity contribution >= 4 is 0 Å². The van der Waals surface area contributed by atoms with Gasteiger partial charge in [0.2, 0.25) is 0 Å². The van der Waals surface area contributed by atoms with Gasteiger partial charge in [0.25, 0.3) is 0 Å². The van der Waals surface area contributed by atoms with Gasteiger partial charge in [-0.25, -0.2) is 0 Å². The van der Waals surface area contributed by atoms with Crippen LogP contribution in [0.5, 0.6) is 5.75 Å². The van der Waals surface area contributed by atoms with Gasteiger partial charge in [0.15, 0.2) is 5.75 Å². The van der Waals surface area contributed by atoms with Crippen molar-refractivity contribution in [2.75, 3.05) is 7.11 Å². The van der Waals surface area contributed by atoms with Gasteiger partial charge < -0.3 is 4.74 Å².